The Hall–Kier alpha value is -1.48. The van der Waals surface area contributed by atoms with Crippen molar-refractivity contribution in [1.82, 2.24) is 10.6 Å². The maximum Gasteiger partial charge on any atom is 0.190 e. The van der Waals surface area contributed by atoms with E-state index in [0.29, 0.717) is 22.7 Å². The third kappa shape index (κ3) is 2.61. The zero-order valence-electron chi connectivity index (χ0n) is 10.7. The van der Waals surface area contributed by atoms with E-state index in [-0.39, 0.29) is 5.78 Å². The van der Waals surface area contributed by atoms with Gasteiger partial charge in [0.2, 0.25) is 0 Å². The van der Waals surface area contributed by atoms with Gasteiger partial charge in [-0.05, 0) is 25.0 Å². The molecule has 0 radical (unpaired) electrons. The molecule has 0 aromatic heterocycles. The van der Waals surface area contributed by atoms with Crippen LogP contribution in [0.1, 0.15) is 36.0 Å². The molecule has 0 amide bonds. The summed E-state index contributed by atoms with van der Waals surface area (Å²) in [5.41, 5.74) is 0.551. The summed E-state index contributed by atoms with van der Waals surface area (Å²) < 4.78 is 0. The molecule has 3 rings (SSSR count). The fourth-order valence-electron chi connectivity index (χ4n) is 2.87. The first-order chi connectivity index (χ1) is 9.24. The minimum Gasteiger partial charge on any atom is -0.367 e. The van der Waals surface area contributed by atoms with Crippen LogP contribution in [0.4, 0.5) is 0 Å². The molecule has 2 aliphatic rings. The van der Waals surface area contributed by atoms with E-state index in [2.05, 4.69) is 10.6 Å². The standard InChI is InChI=1S/C15H17ClN2O/c16-11-6-2-1-5-10(11)14(19)9-15-17-12-7-3-4-8-13(12)18-15/h1-2,5-6,9,12-13,17-18H,3-4,7-8H2/b15-9-/t12-,13+/m0/s1. The van der Waals surface area contributed by atoms with Crippen LogP contribution in [0.3, 0.4) is 0 Å². The lowest BCUT2D eigenvalue weighted by molar-refractivity contribution is 0.104. The number of hydrogen-bond acceptors (Lipinski definition) is 3. The maximum absolute atomic E-state index is 12.2. The molecule has 2 N–H and O–H groups in total. The van der Waals surface area contributed by atoms with E-state index in [0.717, 1.165) is 5.82 Å². The van der Waals surface area contributed by atoms with Gasteiger partial charge in [-0.25, -0.2) is 0 Å². The van der Waals surface area contributed by atoms with E-state index < -0.39 is 0 Å². The minimum atomic E-state index is -0.0563. The Bertz CT molecular complexity index is 511. The second-order valence-corrected chi connectivity index (χ2v) is 5.60. The Labute approximate surface area is 118 Å². The molecule has 0 bridgehead atoms. The van der Waals surface area contributed by atoms with E-state index >= 15 is 0 Å². The molecule has 3 nitrogen and oxygen atoms in total. The number of carbonyl (C=O) groups is 1. The highest BCUT2D eigenvalue weighted by atomic mass is 35.5. The van der Waals surface area contributed by atoms with Gasteiger partial charge in [0.15, 0.2) is 5.78 Å². The Kier molecular flexibility index (Phi) is 3.47. The number of rotatable bonds is 2. The number of hydrogen-bond donors (Lipinski definition) is 2. The van der Waals surface area contributed by atoms with Crippen LogP contribution in [0.15, 0.2) is 36.2 Å². The summed E-state index contributed by atoms with van der Waals surface area (Å²) in [6.45, 7) is 0. The predicted octanol–water partition coefficient (Wildman–Crippen LogP) is 2.87. The smallest absolute Gasteiger partial charge is 0.190 e. The summed E-state index contributed by atoms with van der Waals surface area (Å²) in [5, 5.41) is 7.30. The average molecular weight is 277 g/mol. The van der Waals surface area contributed by atoms with Crippen LogP contribution in [0.5, 0.6) is 0 Å². The molecule has 1 saturated carbocycles. The average Bonchev–Trinajstić information content (AvgIpc) is 2.81. The Morgan fingerprint density at radius 2 is 1.79 bits per heavy atom. The van der Waals surface area contributed by atoms with Gasteiger partial charge in [-0.2, -0.15) is 0 Å². The molecule has 1 aliphatic heterocycles. The lowest BCUT2D eigenvalue weighted by atomic mass is 9.92. The lowest BCUT2D eigenvalue weighted by Crippen LogP contribution is -2.36. The topological polar surface area (TPSA) is 41.1 Å². The molecule has 0 unspecified atom stereocenters. The van der Waals surface area contributed by atoms with Gasteiger partial charge < -0.3 is 10.6 Å². The first-order valence-electron chi connectivity index (χ1n) is 6.77. The molecule has 1 saturated heterocycles. The number of allylic oxidation sites excluding steroid dienone is 1. The van der Waals surface area contributed by atoms with E-state index in [1.165, 1.54) is 25.7 Å². The zero-order valence-corrected chi connectivity index (χ0v) is 11.4. The van der Waals surface area contributed by atoms with Gasteiger partial charge in [0, 0.05) is 23.7 Å². The lowest BCUT2D eigenvalue weighted by Gasteiger charge is -2.23. The van der Waals surface area contributed by atoms with Crippen LogP contribution in [0, 0.1) is 0 Å². The van der Waals surface area contributed by atoms with E-state index in [9.17, 15) is 4.79 Å². The third-order valence-corrected chi connectivity index (χ3v) is 4.19. The van der Waals surface area contributed by atoms with Crippen molar-refractivity contribution in [3.63, 3.8) is 0 Å². The molecule has 2 atom stereocenters. The fourth-order valence-corrected chi connectivity index (χ4v) is 3.10. The van der Waals surface area contributed by atoms with Crippen molar-refractivity contribution in [2.24, 2.45) is 0 Å². The normalized spacial score (nSPS) is 27.5. The van der Waals surface area contributed by atoms with Gasteiger partial charge in [0.1, 0.15) is 5.82 Å². The SMILES string of the molecule is O=C(/C=C1/N[C@H]2CCCC[C@H]2N1)c1ccccc1Cl. The van der Waals surface area contributed by atoms with Gasteiger partial charge in [-0.3, -0.25) is 4.79 Å². The van der Waals surface area contributed by atoms with Gasteiger partial charge in [-0.15, -0.1) is 0 Å². The fraction of sp³-hybridized carbons (Fsp3) is 0.400. The summed E-state index contributed by atoms with van der Waals surface area (Å²) >= 11 is 6.04. The van der Waals surface area contributed by atoms with Crippen molar-refractivity contribution in [3.05, 3.63) is 46.7 Å². The molecular formula is C15H17ClN2O. The van der Waals surface area contributed by atoms with Crippen LogP contribution in [-0.2, 0) is 0 Å². The van der Waals surface area contributed by atoms with Crippen molar-refractivity contribution in [1.29, 1.82) is 0 Å². The predicted molar refractivity (Wildman–Crippen MR) is 76.2 cm³/mol. The van der Waals surface area contributed by atoms with Crippen molar-refractivity contribution in [2.75, 3.05) is 0 Å². The summed E-state index contributed by atoms with van der Waals surface area (Å²) in [4.78, 5) is 12.2. The highest BCUT2D eigenvalue weighted by Crippen LogP contribution is 2.24. The number of benzene rings is 1. The van der Waals surface area contributed by atoms with E-state index in [1.807, 2.05) is 12.1 Å². The van der Waals surface area contributed by atoms with Crippen molar-refractivity contribution < 1.29 is 4.79 Å². The molecule has 100 valence electrons. The van der Waals surface area contributed by atoms with Crippen LogP contribution >= 0.6 is 11.6 Å². The number of nitrogens with one attached hydrogen (secondary N) is 2. The summed E-state index contributed by atoms with van der Waals surface area (Å²) in [6.07, 6.45) is 6.51. The number of fused-ring (bicyclic) bond motifs is 1. The quantitative estimate of drug-likeness (QED) is 0.645. The van der Waals surface area contributed by atoms with Gasteiger partial charge >= 0.3 is 0 Å². The second-order valence-electron chi connectivity index (χ2n) is 5.19. The highest BCUT2D eigenvalue weighted by molar-refractivity contribution is 6.34. The molecule has 1 aromatic carbocycles. The minimum absolute atomic E-state index is 0.0563. The Morgan fingerprint density at radius 3 is 2.42 bits per heavy atom. The van der Waals surface area contributed by atoms with Gasteiger partial charge in [0.05, 0.1) is 5.02 Å². The molecule has 4 heteroatoms. The van der Waals surface area contributed by atoms with E-state index in [1.54, 1.807) is 18.2 Å². The van der Waals surface area contributed by atoms with Crippen molar-refractivity contribution in [2.45, 2.75) is 37.8 Å². The highest BCUT2D eigenvalue weighted by Gasteiger charge is 2.31. The largest absolute Gasteiger partial charge is 0.367 e. The van der Waals surface area contributed by atoms with Crippen LogP contribution < -0.4 is 10.6 Å². The molecular weight excluding hydrogens is 260 g/mol. The summed E-state index contributed by atoms with van der Waals surface area (Å²) in [5.74, 6) is 0.779. The first-order valence-corrected chi connectivity index (χ1v) is 7.15. The molecule has 19 heavy (non-hydrogen) atoms. The third-order valence-electron chi connectivity index (χ3n) is 3.86. The van der Waals surface area contributed by atoms with E-state index in [4.69, 9.17) is 11.6 Å². The van der Waals surface area contributed by atoms with Crippen LogP contribution in [-0.4, -0.2) is 17.9 Å². The Morgan fingerprint density at radius 1 is 1.16 bits per heavy atom. The Balaban J connectivity index is 1.76. The first kappa shape index (κ1) is 12.5. The molecule has 1 aliphatic carbocycles. The van der Waals surface area contributed by atoms with Crippen molar-refractivity contribution in [3.8, 4) is 0 Å². The molecule has 2 fully saturated rings. The molecule has 1 aromatic rings. The number of carbonyl (C=O) groups excluding carboxylic acids is 1. The van der Waals surface area contributed by atoms with Gasteiger partial charge in [0.25, 0.3) is 0 Å². The summed E-state index contributed by atoms with van der Waals surface area (Å²) in [7, 11) is 0. The summed E-state index contributed by atoms with van der Waals surface area (Å²) in [6, 6.07) is 8.09. The number of ketones is 1. The number of halogens is 1. The molecule has 0 spiro atoms. The monoisotopic (exact) mass is 276 g/mol. The molecule has 1 heterocycles. The van der Waals surface area contributed by atoms with Gasteiger partial charge in [-0.1, -0.05) is 36.6 Å². The second kappa shape index (κ2) is 5.25. The van der Waals surface area contributed by atoms with Crippen LogP contribution in [0.2, 0.25) is 5.02 Å². The van der Waals surface area contributed by atoms with Crippen molar-refractivity contribution >= 4 is 17.4 Å². The van der Waals surface area contributed by atoms with Crippen LogP contribution in [0.25, 0.3) is 0 Å². The zero-order chi connectivity index (χ0) is 13.2. The maximum atomic E-state index is 12.2.